The summed E-state index contributed by atoms with van der Waals surface area (Å²) in [6.07, 6.45) is 0. The lowest BCUT2D eigenvalue weighted by atomic mass is 9.87. The Bertz CT molecular complexity index is 599. The molecule has 0 bridgehead atoms. The van der Waals surface area contributed by atoms with Crippen molar-refractivity contribution in [2.45, 2.75) is 45.6 Å². The molecule has 1 unspecified atom stereocenters. The molecule has 1 atom stereocenters. The molecule has 0 aliphatic rings. The number of halogens is 1. The highest BCUT2D eigenvalue weighted by Crippen LogP contribution is 2.31. The van der Waals surface area contributed by atoms with E-state index in [0.717, 1.165) is 10.0 Å². The van der Waals surface area contributed by atoms with Gasteiger partial charge in [0.05, 0.1) is 6.04 Å². The van der Waals surface area contributed by atoms with Gasteiger partial charge in [0.2, 0.25) is 0 Å². The van der Waals surface area contributed by atoms with Crippen LogP contribution in [0.3, 0.4) is 0 Å². The molecule has 0 amide bonds. The summed E-state index contributed by atoms with van der Waals surface area (Å²) >= 11 is 3.47. The highest BCUT2D eigenvalue weighted by Gasteiger charge is 2.16. The molecule has 0 aliphatic heterocycles. The summed E-state index contributed by atoms with van der Waals surface area (Å²) < 4.78 is 1.08. The molecule has 0 radical (unpaired) electrons. The maximum Gasteiger partial charge on any atom is 0.0554 e. The standard InChI is InChI=1S/C19H24BrN/c1-12(2)15-7-10-17(18(11-15)13(3)4)19(21)14-5-8-16(20)9-6-14/h5-13,19H,21H2,1-4H3. The van der Waals surface area contributed by atoms with Crippen LogP contribution >= 0.6 is 15.9 Å². The highest BCUT2D eigenvalue weighted by molar-refractivity contribution is 9.10. The van der Waals surface area contributed by atoms with E-state index < -0.39 is 0 Å². The van der Waals surface area contributed by atoms with Crippen LogP contribution in [0.25, 0.3) is 0 Å². The number of nitrogens with two attached hydrogens (primary N) is 1. The Kier molecular flexibility index (Phi) is 5.23. The molecule has 0 fully saturated rings. The molecular formula is C19H24BrN. The minimum absolute atomic E-state index is 0.0725. The Balaban J connectivity index is 2.44. The molecular weight excluding hydrogens is 322 g/mol. The van der Waals surface area contributed by atoms with Crippen molar-refractivity contribution in [1.82, 2.24) is 0 Å². The molecule has 112 valence electrons. The van der Waals surface area contributed by atoms with Crippen LogP contribution in [-0.2, 0) is 0 Å². The van der Waals surface area contributed by atoms with Crippen molar-refractivity contribution < 1.29 is 0 Å². The van der Waals surface area contributed by atoms with E-state index in [0.29, 0.717) is 11.8 Å². The fraction of sp³-hybridized carbons (Fsp3) is 0.368. The molecule has 2 rings (SSSR count). The summed E-state index contributed by atoms with van der Waals surface area (Å²) in [5.41, 5.74) is 11.6. The van der Waals surface area contributed by atoms with Crippen molar-refractivity contribution in [2.24, 2.45) is 5.73 Å². The van der Waals surface area contributed by atoms with Crippen LogP contribution in [0.15, 0.2) is 46.9 Å². The molecule has 2 aromatic carbocycles. The summed E-state index contributed by atoms with van der Waals surface area (Å²) in [6.45, 7) is 8.93. The van der Waals surface area contributed by atoms with Crippen molar-refractivity contribution in [3.05, 3.63) is 69.2 Å². The molecule has 2 aromatic rings. The molecule has 0 saturated carbocycles. The lowest BCUT2D eigenvalue weighted by molar-refractivity contribution is 0.781. The van der Waals surface area contributed by atoms with E-state index in [4.69, 9.17) is 5.73 Å². The summed E-state index contributed by atoms with van der Waals surface area (Å²) in [4.78, 5) is 0. The second-order valence-electron chi connectivity index (χ2n) is 6.23. The Morgan fingerprint density at radius 1 is 0.762 bits per heavy atom. The van der Waals surface area contributed by atoms with Crippen molar-refractivity contribution in [2.75, 3.05) is 0 Å². The van der Waals surface area contributed by atoms with E-state index in [1.165, 1.54) is 16.7 Å². The quantitative estimate of drug-likeness (QED) is 0.750. The van der Waals surface area contributed by atoms with Crippen molar-refractivity contribution in [3.63, 3.8) is 0 Å². The minimum Gasteiger partial charge on any atom is -0.320 e. The summed E-state index contributed by atoms with van der Waals surface area (Å²) in [5.74, 6) is 1.01. The Morgan fingerprint density at radius 3 is 1.86 bits per heavy atom. The molecule has 0 aromatic heterocycles. The van der Waals surface area contributed by atoms with Gasteiger partial charge in [0, 0.05) is 4.47 Å². The van der Waals surface area contributed by atoms with Crippen LogP contribution < -0.4 is 5.73 Å². The zero-order valence-corrected chi connectivity index (χ0v) is 14.8. The van der Waals surface area contributed by atoms with Gasteiger partial charge in [0.15, 0.2) is 0 Å². The van der Waals surface area contributed by atoms with Crippen LogP contribution in [0.5, 0.6) is 0 Å². The smallest absolute Gasteiger partial charge is 0.0554 e. The van der Waals surface area contributed by atoms with Gasteiger partial charge in [-0.2, -0.15) is 0 Å². The largest absolute Gasteiger partial charge is 0.320 e. The molecule has 0 saturated heterocycles. The fourth-order valence-corrected chi connectivity index (χ4v) is 2.85. The van der Waals surface area contributed by atoms with E-state index in [2.05, 4.69) is 74.0 Å². The summed E-state index contributed by atoms with van der Waals surface area (Å²) in [5, 5.41) is 0. The van der Waals surface area contributed by atoms with Crippen LogP contribution in [0.2, 0.25) is 0 Å². The number of rotatable bonds is 4. The van der Waals surface area contributed by atoms with Gasteiger partial charge >= 0.3 is 0 Å². The van der Waals surface area contributed by atoms with Crippen molar-refractivity contribution in [1.29, 1.82) is 0 Å². The molecule has 2 heteroatoms. The number of hydrogen-bond donors (Lipinski definition) is 1. The Labute approximate surface area is 136 Å². The number of benzene rings is 2. The minimum atomic E-state index is -0.0725. The van der Waals surface area contributed by atoms with Crippen LogP contribution in [0.4, 0.5) is 0 Å². The molecule has 21 heavy (non-hydrogen) atoms. The predicted octanol–water partition coefficient (Wildman–Crippen LogP) is 5.74. The fourth-order valence-electron chi connectivity index (χ4n) is 2.59. The highest BCUT2D eigenvalue weighted by atomic mass is 79.9. The monoisotopic (exact) mass is 345 g/mol. The van der Waals surface area contributed by atoms with E-state index >= 15 is 0 Å². The Hall–Kier alpha value is -1.12. The second kappa shape index (κ2) is 6.76. The first-order chi connectivity index (χ1) is 9.90. The van der Waals surface area contributed by atoms with Gasteiger partial charge in [-0.3, -0.25) is 0 Å². The van der Waals surface area contributed by atoms with Gasteiger partial charge in [0.1, 0.15) is 0 Å². The molecule has 0 heterocycles. The van der Waals surface area contributed by atoms with E-state index in [1.807, 2.05) is 12.1 Å². The first kappa shape index (κ1) is 16.3. The lowest BCUT2D eigenvalue weighted by Crippen LogP contribution is -2.15. The third-order valence-corrected chi connectivity index (χ3v) is 4.49. The van der Waals surface area contributed by atoms with Crippen molar-refractivity contribution in [3.8, 4) is 0 Å². The maximum atomic E-state index is 6.52. The van der Waals surface area contributed by atoms with E-state index in [-0.39, 0.29) is 6.04 Å². The first-order valence-corrected chi connectivity index (χ1v) is 8.34. The topological polar surface area (TPSA) is 26.0 Å². The third kappa shape index (κ3) is 3.75. The Morgan fingerprint density at radius 2 is 1.33 bits per heavy atom. The third-order valence-electron chi connectivity index (χ3n) is 3.96. The average Bonchev–Trinajstić information content (AvgIpc) is 2.46. The lowest BCUT2D eigenvalue weighted by Gasteiger charge is -2.21. The van der Waals surface area contributed by atoms with Crippen molar-refractivity contribution >= 4 is 15.9 Å². The van der Waals surface area contributed by atoms with Gasteiger partial charge in [-0.05, 0) is 46.2 Å². The zero-order chi connectivity index (χ0) is 15.6. The van der Waals surface area contributed by atoms with E-state index in [1.54, 1.807) is 0 Å². The summed E-state index contributed by atoms with van der Waals surface area (Å²) in [7, 11) is 0. The van der Waals surface area contributed by atoms with Gasteiger partial charge in [-0.25, -0.2) is 0 Å². The predicted molar refractivity (Wildman–Crippen MR) is 94.8 cm³/mol. The molecule has 2 N–H and O–H groups in total. The number of hydrogen-bond acceptors (Lipinski definition) is 1. The van der Waals surface area contributed by atoms with Crippen LogP contribution in [0, 0.1) is 0 Å². The molecule has 0 spiro atoms. The molecule has 0 aliphatic carbocycles. The van der Waals surface area contributed by atoms with Crippen LogP contribution in [-0.4, -0.2) is 0 Å². The summed E-state index contributed by atoms with van der Waals surface area (Å²) in [6, 6.07) is 15.0. The van der Waals surface area contributed by atoms with Gasteiger partial charge in [-0.15, -0.1) is 0 Å². The van der Waals surface area contributed by atoms with Gasteiger partial charge < -0.3 is 5.73 Å². The van der Waals surface area contributed by atoms with Crippen LogP contribution in [0.1, 0.15) is 67.8 Å². The normalized spacial score (nSPS) is 13.0. The molecule has 1 nitrogen and oxygen atoms in total. The zero-order valence-electron chi connectivity index (χ0n) is 13.2. The van der Waals surface area contributed by atoms with E-state index in [9.17, 15) is 0 Å². The van der Waals surface area contributed by atoms with Gasteiger partial charge in [0.25, 0.3) is 0 Å². The SMILES string of the molecule is CC(C)c1ccc(C(N)c2ccc(Br)cc2)c(C(C)C)c1. The maximum absolute atomic E-state index is 6.52. The second-order valence-corrected chi connectivity index (χ2v) is 7.14. The van der Waals surface area contributed by atoms with Gasteiger partial charge in [-0.1, -0.05) is 74.0 Å². The first-order valence-electron chi connectivity index (χ1n) is 7.55. The average molecular weight is 346 g/mol.